The molecule has 1 spiro atoms. The Balaban J connectivity index is 1.55. The maximum atomic E-state index is 14.7. The number of nitrogens with zero attached hydrogens (tertiary/aromatic N) is 1. The number of benzene rings is 2. The number of rotatable bonds is 4. The molecule has 2 aromatic rings. The fraction of sp³-hybridized carbons (Fsp3) is 0.552. The van der Waals surface area contributed by atoms with Crippen LogP contribution < -0.4 is 10.0 Å². The minimum Gasteiger partial charge on any atom is -0.375 e. The van der Waals surface area contributed by atoms with Crippen LogP contribution in [0.1, 0.15) is 61.6 Å². The number of nitrogens with one attached hydrogen (secondary N) is 2. The Bertz CT molecular complexity index is 1070. The van der Waals surface area contributed by atoms with Crippen molar-refractivity contribution in [3.05, 3.63) is 58.9 Å². The Morgan fingerprint density at radius 1 is 1.09 bits per heavy atom. The van der Waals surface area contributed by atoms with Crippen LogP contribution in [0, 0.1) is 17.1 Å². The number of ether oxygens (including phenoxy) is 1. The molecule has 3 atom stereocenters. The molecule has 0 bridgehead atoms. The summed E-state index contributed by atoms with van der Waals surface area (Å²) in [6, 6.07) is 13.5. The Morgan fingerprint density at radius 2 is 1.89 bits per heavy atom. The van der Waals surface area contributed by atoms with E-state index in [2.05, 4.69) is 35.2 Å². The van der Waals surface area contributed by atoms with Crippen molar-refractivity contribution in [2.45, 2.75) is 62.7 Å². The molecule has 3 heterocycles. The monoisotopic (exact) mass is 495 g/mol. The number of halogens is 1. The van der Waals surface area contributed by atoms with Gasteiger partial charge < -0.3 is 10.1 Å². The first-order chi connectivity index (χ1) is 17.1. The highest BCUT2D eigenvalue weighted by molar-refractivity contribution is 8.32. The summed E-state index contributed by atoms with van der Waals surface area (Å²) in [6.45, 7) is 5.98. The summed E-state index contributed by atoms with van der Waals surface area (Å²) in [7, 11) is -0.877. The molecule has 3 saturated heterocycles. The summed E-state index contributed by atoms with van der Waals surface area (Å²) in [5, 5.41) is 13.3. The Morgan fingerprint density at radius 3 is 2.60 bits per heavy atom. The van der Waals surface area contributed by atoms with Crippen molar-refractivity contribution in [3.8, 4) is 17.2 Å². The van der Waals surface area contributed by atoms with Gasteiger partial charge >= 0.3 is 0 Å². The van der Waals surface area contributed by atoms with Crippen molar-refractivity contribution in [1.82, 2.24) is 10.0 Å². The maximum Gasteiger partial charge on any atom is 0.141 e. The average molecular weight is 496 g/mol. The Labute approximate surface area is 211 Å². The van der Waals surface area contributed by atoms with Crippen LogP contribution in [0.3, 0.4) is 0 Å². The number of hydrogen-bond acceptors (Lipinski definition) is 4. The molecule has 3 unspecified atom stereocenters. The van der Waals surface area contributed by atoms with Gasteiger partial charge in [0.2, 0.25) is 0 Å². The highest BCUT2D eigenvalue weighted by Crippen LogP contribution is 2.60. The normalized spacial score (nSPS) is 27.6. The summed E-state index contributed by atoms with van der Waals surface area (Å²) < 4.78 is 24.9. The van der Waals surface area contributed by atoms with E-state index in [1.165, 1.54) is 54.7 Å². The SMILES string of the molecule is CC1C(c2c(CC3CNCCO3)cccc2-c2ccc(C#N)c(F)c2)CNS12CCCCCCC2. The van der Waals surface area contributed by atoms with Gasteiger partial charge in [-0.3, -0.25) is 4.72 Å². The molecule has 0 aromatic heterocycles. The fourth-order valence-corrected chi connectivity index (χ4v) is 10.6. The third kappa shape index (κ3) is 5.15. The minimum absolute atomic E-state index is 0.0990. The number of morpholine rings is 1. The minimum atomic E-state index is -0.877. The first-order valence-electron chi connectivity index (χ1n) is 13.3. The molecule has 0 amide bonds. The molecule has 3 aliphatic rings. The number of nitriles is 1. The smallest absolute Gasteiger partial charge is 0.141 e. The van der Waals surface area contributed by atoms with Gasteiger partial charge in [-0.1, -0.05) is 50.5 Å². The summed E-state index contributed by atoms with van der Waals surface area (Å²) in [4.78, 5) is 0. The zero-order valence-electron chi connectivity index (χ0n) is 20.8. The molecule has 6 heteroatoms. The van der Waals surface area contributed by atoms with Crippen LogP contribution in [0.2, 0.25) is 0 Å². The molecule has 35 heavy (non-hydrogen) atoms. The first-order valence-corrected chi connectivity index (χ1v) is 15.3. The molecule has 0 radical (unpaired) electrons. The molecule has 3 aliphatic heterocycles. The van der Waals surface area contributed by atoms with Crippen LogP contribution in [-0.4, -0.2) is 49.1 Å². The van der Waals surface area contributed by atoms with Crippen molar-refractivity contribution in [1.29, 1.82) is 5.26 Å². The Hall–Kier alpha value is -1.91. The van der Waals surface area contributed by atoms with E-state index < -0.39 is 16.0 Å². The van der Waals surface area contributed by atoms with Gasteiger partial charge in [0, 0.05) is 37.2 Å². The van der Waals surface area contributed by atoms with Gasteiger partial charge in [0.1, 0.15) is 11.9 Å². The highest BCUT2D eigenvalue weighted by Gasteiger charge is 2.43. The van der Waals surface area contributed by atoms with Crippen molar-refractivity contribution < 1.29 is 9.13 Å². The van der Waals surface area contributed by atoms with Crippen molar-refractivity contribution >= 4 is 10.2 Å². The highest BCUT2D eigenvalue weighted by atomic mass is 32.3. The predicted octanol–water partition coefficient (Wildman–Crippen LogP) is 5.65. The average Bonchev–Trinajstić information content (AvgIpc) is 3.18. The van der Waals surface area contributed by atoms with E-state index >= 15 is 0 Å². The lowest BCUT2D eigenvalue weighted by Crippen LogP contribution is -2.39. The van der Waals surface area contributed by atoms with E-state index in [0.29, 0.717) is 11.2 Å². The summed E-state index contributed by atoms with van der Waals surface area (Å²) in [5.74, 6) is 2.60. The van der Waals surface area contributed by atoms with Crippen LogP contribution in [0.15, 0.2) is 36.4 Å². The lowest BCUT2D eigenvalue weighted by molar-refractivity contribution is 0.0291. The third-order valence-corrected chi connectivity index (χ3v) is 12.8. The molecule has 2 aromatic carbocycles. The van der Waals surface area contributed by atoms with Gasteiger partial charge in [0.25, 0.3) is 0 Å². The molecule has 2 N–H and O–H groups in total. The van der Waals surface area contributed by atoms with E-state index in [1.807, 2.05) is 12.1 Å². The lowest BCUT2D eigenvalue weighted by atomic mass is 9.83. The summed E-state index contributed by atoms with van der Waals surface area (Å²) in [6.07, 6.45) is 7.76. The second-order valence-electron chi connectivity index (χ2n) is 10.4. The zero-order chi connectivity index (χ0) is 24.3. The lowest BCUT2D eigenvalue weighted by Gasteiger charge is -2.43. The standard InChI is InChI=1S/C29H38FN3OS/c1-21-27(20-33-35(21)14-5-3-2-4-6-15-35)29-23(16-25-19-32-12-13-34-25)8-7-9-26(29)22-10-11-24(18-31)28(30)17-22/h7-11,17,21,25,27,32-33H,2-6,12-16,19-20H2,1H3. The quantitative estimate of drug-likeness (QED) is 0.575. The number of hydrogen-bond donors (Lipinski definition) is 2. The predicted molar refractivity (Wildman–Crippen MR) is 143 cm³/mol. The van der Waals surface area contributed by atoms with Crippen LogP contribution in [0.5, 0.6) is 0 Å². The summed E-state index contributed by atoms with van der Waals surface area (Å²) in [5.41, 5.74) is 4.75. The molecular weight excluding hydrogens is 457 g/mol. The van der Waals surface area contributed by atoms with E-state index in [4.69, 9.17) is 4.74 Å². The fourth-order valence-electron chi connectivity index (χ4n) is 6.32. The maximum absolute atomic E-state index is 14.7. The van der Waals surface area contributed by atoms with E-state index in [1.54, 1.807) is 12.1 Å². The van der Waals surface area contributed by atoms with E-state index in [-0.39, 0.29) is 11.7 Å². The van der Waals surface area contributed by atoms with Crippen LogP contribution in [-0.2, 0) is 11.2 Å². The van der Waals surface area contributed by atoms with Crippen LogP contribution in [0.25, 0.3) is 11.1 Å². The zero-order valence-corrected chi connectivity index (χ0v) is 21.6. The van der Waals surface area contributed by atoms with Gasteiger partial charge in [-0.25, -0.2) is 4.39 Å². The third-order valence-electron chi connectivity index (χ3n) is 8.31. The van der Waals surface area contributed by atoms with Gasteiger partial charge in [-0.2, -0.15) is 15.5 Å². The van der Waals surface area contributed by atoms with Crippen molar-refractivity contribution in [2.24, 2.45) is 0 Å². The second-order valence-corrected chi connectivity index (χ2v) is 14.1. The topological polar surface area (TPSA) is 57.1 Å². The van der Waals surface area contributed by atoms with Gasteiger partial charge in [-0.15, -0.1) is 0 Å². The van der Waals surface area contributed by atoms with Crippen molar-refractivity contribution in [2.75, 3.05) is 37.7 Å². The van der Waals surface area contributed by atoms with Gasteiger partial charge in [0.05, 0.1) is 18.3 Å². The first kappa shape index (κ1) is 24.8. The molecular formula is C29H38FN3OS. The molecule has 0 saturated carbocycles. The Kier molecular flexibility index (Phi) is 7.79. The van der Waals surface area contributed by atoms with Gasteiger partial charge in [-0.05, 0) is 58.7 Å². The summed E-state index contributed by atoms with van der Waals surface area (Å²) >= 11 is 0. The van der Waals surface area contributed by atoms with Crippen LogP contribution in [0.4, 0.5) is 4.39 Å². The molecule has 4 nitrogen and oxygen atoms in total. The molecule has 5 rings (SSSR count). The van der Waals surface area contributed by atoms with Crippen LogP contribution >= 0.6 is 10.2 Å². The largest absolute Gasteiger partial charge is 0.375 e. The molecule has 3 fully saturated rings. The molecule has 0 aliphatic carbocycles. The van der Waals surface area contributed by atoms with Gasteiger partial charge in [0.15, 0.2) is 0 Å². The molecule has 188 valence electrons. The van der Waals surface area contributed by atoms with E-state index in [0.717, 1.165) is 43.8 Å². The van der Waals surface area contributed by atoms with Crippen molar-refractivity contribution in [3.63, 3.8) is 0 Å². The van der Waals surface area contributed by atoms with E-state index in [9.17, 15) is 9.65 Å². The second kappa shape index (κ2) is 11.0.